The molecule has 1 aliphatic heterocycles. The first-order valence-electron chi connectivity index (χ1n) is 8.62. The van der Waals surface area contributed by atoms with E-state index < -0.39 is 11.6 Å². The number of nitrogens with zero attached hydrogens (tertiary/aromatic N) is 5. The van der Waals surface area contributed by atoms with E-state index in [4.69, 9.17) is 5.73 Å². The van der Waals surface area contributed by atoms with Gasteiger partial charge >= 0.3 is 0 Å². The lowest BCUT2D eigenvalue weighted by Gasteiger charge is -2.30. The molecule has 2 aromatic heterocycles. The van der Waals surface area contributed by atoms with E-state index in [0.717, 1.165) is 32.0 Å². The number of anilines is 2. The van der Waals surface area contributed by atoms with Crippen LogP contribution in [0.1, 0.15) is 18.4 Å². The lowest BCUT2D eigenvalue weighted by molar-refractivity contribution is 0.508. The van der Waals surface area contributed by atoms with Gasteiger partial charge in [0.1, 0.15) is 12.0 Å². The smallest absolute Gasteiger partial charge is 0.181 e. The molecule has 0 atom stereocenters. The maximum atomic E-state index is 13.4. The predicted molar refractivity (Wildman–Crippen MR) is 99.3 cm³/mol. The molecular weight excluding hydrogens is 350 g/mol. The molecule has 0 spiro atoms. The molecule has 1 fully saturated rings. The number of aromatic nitrogens is 4. The monoisotopic (exact) mass is 368 g/mol. The summed E-state index contributed by atoms with van der Waals surface area (Å²) in [4.78, 5) is 10.7. The zero-order chi connectivity index (χ0) is 18.8. The number of hydrogen-bond acceptors (Lipinski definition) is 5. The summed E-state index contributed by atoms with van der Waals surface area (Å²) in [6.45, 7) is 1.46. The summed E-state index contributed by atoms with van der Waals surface area (Å²) >= 11 is 0. The molecule has 3 aromatic rings. The predicted octanol–water partition coefficient (Wildman–Crippen LogP) is 3.21. The van der Waals surface area contributed by atoms with E-state index in [1.807, 2.05) is 6.08 Å². The van der Waals surface area contributed by atoms with E-state index in [1.165, 1.54) is 18.0 Å². The molecule has 27 heavy (non-hydrogen) atoms. The van der Waals surface area contributed by atoms with Crippen LogP contribution in [-0.2, 0) is 0 Å². The Hall–Kier alpha value is -3.29. The average molecular weight is 368 g/mol. The third-order valence-corrected chi connectivity index (χ3v) is 4.58. The van der Waals surface area contributed by atoms with Crippen LogP contribution in [0.4, 0.5) is 20.3 Å². The Labute approximate surface area is 155 Å². The third-order valence-electron chi connectivity index (χ3n) is 4.58. The van der Waals surface area contributed by atoms with Crippen LogP contribution in [0.2, 0.25) is 0 Å². The summed E-state index contributed by atoms with van der Waals surface area (Å²) in [5, 5.41) is 4.17. The van der Waals surface area contributed by atoms with E-state index in [-0.39, 0.29) is 0 Å². The van der Waals surface area contributed by atoms with Crippen LogP contribution >= 0.6 is 0 Å². The highest BCUT2D eigenvalue weighted by Crippen LogP contribution is 2.29. The summed E-state index contributed by atoms with van der Waals surface area (Å²) in [6, 6.07) is 5.75. The van der Waals surface area contributed by atoms with E-state index in [9.17, 15) is 8.78 Å². The van der Waals surface area contributed by atoms with E-state index in [2.05, 4.69) is 20.0 Å². The molecule has 2 N–H and O–H groups in total. The summed E-state index contributed by atoms with van der Waals surface area (Å²) < 4.78 is 28.0. The highest BCUT2D eigenvalue weighted by molar-refractivity contribution is 5.70. The van der Waals surface area contributed by atoms with Crippen LogP contribution < -0.4 is 10.6 Å². The van der Waals surface area contributed by atoms with Crippen molar-refractivity contribution < 1.29 is 8.78 Å². The number of benzene rings is 1. The number of nitrogen functional groups attached to an aromatic ring is 1. The molecular formula is C19H18F2N6. The summed E-state index contributed by atoms with van der Waals surface area (Å²) in [5.41, 5.74) is 8.60. The summed E-state index contributed by atoms with van der Waals surface area (Å²) in [6.07, 6.45) is 8.42. The van der Waals surface area contributed by atoms with Crippen molar-refractivity contribution in [3.63, 3.8) is 0 Å². The molecule has 4 rings (SSSR count). The van der Waals surface area contributed by atoms with Gasteiger partial charge in [-0.25, -0.2) is 23.4 Å². The zero-order valence-electron chi connectivity index (χ0n) is 14.5. The van der Waals surface area contributed by atoms with Gasteiger partial charge in [-0.1, -0.05) is 17.7 Å². The van der Waals surface area contributed by atoms with Gasteiger partial charge in [-0.2, -0.15) is 5.10 Å². The Morgan fingerprint density at radius 1 is 1.04 bits per heavy atom. The van der Waals surface area contributed by atoms with Gasteiger partial charge in [-0.3, -0.25) is 0 Å². The van der Waals surface area contributed by atoms with Crippen molar-refractivity contribution >= 4 is 17.6 Å². The minimum absolute atomic E-state index is 0.481. The van der Waals surface area contributed by atoms with Gasteiger partial charge in [0.25, 0.3) is 0 Å². The lowest BCUT2D eigenvalue weighted by Crippen LogP contribution is -2.32. The second-order valence-electron chi connectivity index (χ2n) is 6.35. The number of piperidine rings is 1. The fourth-order valence-electron chi connectivity index (χ4n) is 3.19. The Kier molecular flexibility index (Phi) is 4.53. The van der Waals surface area contributed by atoms with Gasteiger partial charge in [0.05, 0.1) is 0 Å². The molecule has 3 heterocycles. The van der Waals surface area contributed by atoms with Crippen molar-refractivity contribution in [2.75, 3.05) is 23.7 Å². The normalized spacial score (nSPS) is 14.4. The maximum absolute atomic E-state index is 13.4. The average Bonchev–Trinajstić information content (AvgIpc) is 3.20. The third kappa shape index (κ3) is 3.51. The Morgan fingerprint density at radius 3 is 2.52 bits per heavy atom. The first kappa shape index (κ1) is 17.1. The van der Waals surface area contributed by atoms with E-state index >= 15 is 0 Å². The molecule has 8 heteroatoms. The van der Waals surface area contributed by atoms with Crippen LogP contribution in [0.15, 0.2) is 48.6 Å². The number of rotatable bonds is 3. The first-order chi connectivity index (χ1) is 13.1. The second-order valence-corrected chi connectivity index (χ2v) is 6.35. The van der Waals surface area contributed by atoms with Crippen LogP contribution in [0.25, 0.3) is 11.9 Å². The molecule has 0 aliphatic carbocycles. The molecule has 0 radical (unpaired) electrons. The number of hydrogen-bond donors (Lipinski definition) is 1. The quantitative estimate of drug-likeness (QED) is 0.769. The van der Waals surface area contributed by atoms with Crippen LogP contribution in [0, 0.1) is 11.6 Å². The van der Waals surface area contributed by atoms with Crippen molar-refractivity contribution in [2.24, 2.45) is 0 Å². The molecule has 1 aliphatic rings. The highest BCUT2D eigenvalue weighted by Gasteiger charge is 2.20. The zero-order valence-corrected chi connectivity index (χ0v) is 14.5. The molecule has 1 saturated heterocycles. The van der Waals surface area contributed by atoms with Crippen molar-refractivity contribution in [2.45, 2.75) is 12.8 Å². The largest absolute Gasteiger partial charge is 0.393 e. The van der Waals surface area contributed by atoms with E-state index in [0.29, 0.717) is 22.9 Å². The lowest BCUT2D eigenvalue weighted by atomic mass is 10.0. The SMILES string of the molecule is Nc1c(N2CCC(=Cc3ccc(F)c(F)c3)CC2)ncnc1-n1cccn1. The highest BCUT2D eigenvalue weighted by atomic mass is 19.2. The van der Waals surface area contributed by atoms with Crippen LogP contribution in [-0.4, -0.2) is 32.8 Å². The summed E-state index contributed by atoms with van der Waals surface area (Å²) in [7, 11) is 0. The number of halogens is 2. The van der Waals surface area contributed by atoms with Crippen molar-refractivity contribution in [3.8, 4) is 5.82 Å². The Bertz CT molecular complexity index is 974. The van der Waals surface area contributed by atoms with E-state index in [1.54, 1.807) is 29.2 Å². The fraction of sp³-hybridized carbons (Fsp3) is 0.211. The van der Waals surface area contributed by atoms with Crippen molar-refractivity contribution in [1.82, 2.24) is 19.7 Å². The minimum atomic E-state index is -0.834. The molecule has 0 unspecified atom stereocenters. The van der Waals surface area contributed by atoms with Gasteiger partial charge in [0.2, 0.25) is 0 Å². The molecule has 6 nitrogen and oxygen atoms in total. The van der Waals surface area contributed by atoms with Gasteiger partial charge in [-0.05, 0) is 36.6 Å². The van der Waals surface area contributed by atoms with Gasteiger partial charge in [-0.15, -0.1) is 0 Å². The maximum Gasteiger partial charge on any atom is 0.181 e. The van der Waals surface area contributed by atoms with Crippen molar-refractivity contribution in [3.05, 3.63) is 65.8 Å². The minimum Gasteiger partial charge on any atom is -0.393 e. The Morgan fingerprint density at radius 2 is 1.81 bits per heavy atom. The molecule has 138 valence electrons. The van der Waals surface area contributed by atoms with Crippen LogP contribution in [0.5, 0.6) is 0 Å². The van der Waals surface area contributed by atoms with Gasteiger partial charge < -0.3 is 10.6 Å². The fourth-order valence-corrected chi connectivity index (χ4v) is 3.19. The number of nitrogens with two attached hydrogens (primary N) is 1. The first-order valence-corrected chi connectivity index (χ1v) is 8.62. The molecule has 1 aromatic carbocycles. The standard InChI is InChI=1S/C19H18F2N6/c20-15-3-2-14(11-16(15)21)10-13-4-8-26(9-5-13)18-17(22)19(24-12-23-18)27-7-1-6-25-27/h1-3,6-7,10-12H,4-5,8-9,22H2. The molecule has 0 saturated carbocycles. The Balaban J connectivity index is 1.50. The molecule has 0 amide bonds. The van der Waals surface area contributed by atoms with Gasteiger partial charge in [0, 0.05) is 25.5 Å². The van der Waals surface area contributed by atoms with Gasteiger partial charge in [0.15, 0.2) is 23.3 Å². The molecule has 0 bridgehead atoms. The van der Waals surface area contributed by atoms with Crippen molar-refractivity contribution in [1.29, 1.82) is 0 Å². The topological polar surface area (TPSA) is 72.9 Å². The second kappa shape index (κ2) is 7.14. The summed E-state index contributed by atoms with van der Waals surface area (Å²) in [5.74, 6) is -0.434. The van der Waals surface area contributed by atoms with Crippen LogP contribution in [0.3, 0.4) is 0 Å².